The molecule has 2 aliphatic carbocycles. The first-order valence-corrected chi connectivity index (χ1v) is 26.0. The van der Waals surface area contributed by atoms with E-state index in [2.05, 4.69) is 41.6 Å². The SMILES string of the molecule is CCC(C)[C@@H](C(CC(=O)N1CCC[C@H]1C1(C2(C(=O)N[C@@H](Cc3ccccc3)c3nccs3)CC2)CC1)OC)N(C)C(=O)CNC(=O)[C@H](C(C)C)N(C)CCc1ccc(N(C)C(=O)OC(C)(C)C)cc1. The number of methoxy groups -OCH3 is 1. The number of nitrogens with zero attached hydrogens (tertiary/aromatic N) is 5. The molecule has 3 aromatic rings. The Balaban J connectivity index is 1.05. The Hall–Kier alpha value is -4.86. The molecule has 3 aliphatic rings. The average Bonchev–Trinajstić information content (AvgIpc) is 4.19. The number of benzene rings is 2. The second kappa shape index (κ2) is 22.9. The summed E-state index contributed by atoms with van der Waals surface area (Å²) in [5.41, 5.74) is 1.55. The van der Waals surface area contributed by atoms with Gasteiger partial charge in [-0.1, -0.05) is 76.6 Å². The van der Waals surface area contributed by atoms with Crippen LogP contribution in [0.2, 0.25) is 0 Å². The van der Waals surface area contributed by atoms with E-state index in [4.69, 9.17) is 9.47 Å². The smallest absolute Gasteiger partial charge is 0.414 e. The van der Waals surface area contributed by atoms with Crippen LogP contribution in [-0.2, 0) is 41.5 Å². The lowest BCUT2D eigenvalue weighted by atomic mass is 9.77. The quantitative estimate of drug-likeness (QED) is 0.0961. The number of rotatable bonds is 23. The molecule has 6 atom stereocenters. The van der Waals surface area contributed by atoms with Crippen molar-refractivity contribution in [2.75, 3.05) is 52.8 Å². The number of likely N-dealkylation sites (tertiary alicyclic amines) is 1. The second-order valence-electron chi connectivity index (χ2n) is 21.3. The van der Waals surface area contributed by atoms with Crippen molar-refractivity contribution in [1.82, 2.24) is 30.3 Å². The molecule has 2 aromatic carbocycles. The summed E-state index contributed by atoms with van der Waals surface area (Å²) >= 11 is 1.56. The van der Waals surface area contributed by atoms with Gasteiger partial charge in [-0.15, -0.1) is 11.3 Å². The van der Waals surface area contributed by atoms with Gasteiger partial charge in [0, 0.05) is 63.0 Å². The largest absolute Gasteiger partial charge is 0.443 e. The number of nitrogens with one attached hydrogen (secondary N) is 2. The Kier molecular flexibility index (Phi) is 17.8. The molecule has 2 heterocycles. The molecule has 2 saturated carbocycles. The minimum absolute atomic E-state index is 0.00188. The fraction of sp³-hybridized carbons (Fsp3) is 0.630. The highest BCUT2D eigenvalue weighted by atomic mass is 32.1. The summed E-state index contributed by atoms with van der Waals surface area (Å²) < 4.78 is 11.6. The third kappa shape index (κ3) is 12.7. The van der Waals surface area contributed by atoms with Gasteiger partial charge in [0.2, 0.25) is 23.6 Å². The van der Waals surface area contributed by atoms with Gasteiger partial charge in [-0.2, -0.15) is 0 Å². The Labute approximate surface area is 415 Å². The van der Waals surface area contributed by atoms with Gasteiger partial charge in [0.15, 0.2) is 0 Å². The van der Waals surface area contributed by atoms with Crippen molar-refractivity contribution < 1.29 is 33.4 Å². The van der Waals surface area contributed by atoms with Gasteiger partial charge in [0.1, 0.15) is 10.6 Å². The highest BCUT2D eigenvalue weighted by Gasteiger charge is 2.73. The van der Waals surface area contributed by atoms with Crippen molar-refractivity contribution in [2.45, 2.75) is 149 Å². The summed E-state index contributed by atoms with van der Waals surface area (Å²) in [7, 11) is 6.95. The number of amides is 5. The topological polar surface area (TPSA) is 154 Å². The maximum absolute atomic E-state index is 14.6. The van der Waals surface area contributed by atoms with E-state index < -0.39 is 35.3 Å². The molecule has 15 heteroatoms. The van der Waals surface area contributed by atoms with E-state index in [0.29, 0.717) is 25.9 Å². The Morgan fingerprint density at radius 3 is 2.19 bits per heavy atom. The highest BCUT2D eigenvalue weighted by Crippen LogP contribution is 2.73. The lowest BCUT2D eigenvalue weighted by molar-refractivity contribution is -0.144. The zero-order chi connectivity index (χ0) is 50.3. The predicted octanol–water partition coefficient (Wildman–Crippen LogP) is 8.06. The molecular formula is C54H79N7O7S. The minimum atomic E-state index is -0.594. The van der Waals surface area contributed by atoms with E-state index in [1.807, 2.05) is 99.3 Å². The molecule has 0 spiro atoms. The highest BCUT2D eigenvalue weighted by molar-refractivity contribution is 7.09. The van der Waals surface area contributed by atoms with E-state index in [-0.39, 0.29) is 65.9 Å². The number of hydrogen-bond acceptors (Lipinski definition) is 10. The predicted molar refractivity (Wildman–Crippen MR) is 272 cm³/mol. The fourth-order valence-corrected chi connectivity index (χ4v) is 11.6. The van der Waals surface area contributed by atoms with Crippen molar-refractivity contribution in [2.24, 2.45) is 22.7 Å². The summed E-state index contributed by atoms with van der Waals surface area (Å²) in [6.45, 7) is 14.7. The first-order valence-electron chi connectivity index (χ1n) is 25.1. The first kappa shape index (κ1) is 53.5. The van der Waals surface area contributed by atoms with Gasteiger partial charge >= 0.3 is 6.09 Å². The van der Waals surface area contributed by atoms with E-state index in [0.717, 1.165) is 66.8 Å². The summed E-state index contributed by atoms with van der Waals surface area (Å²) in [5.74, 6) is -0.449. The molecule has 1 saturated heterocycles. The van der Waals surface area contributed by atoms with Crippen LogP contribution in [-0.4, -0.2) is 127 Å². The van der Waals surface area contributed by atoms with E-state index in [1.54, 1.807) is 43.6 Å². The number of aromatic nitrogens is 1. The van der Waals surface area contributed by atoms with Gasteiger partial charge in [0.05, 0.1) is 42.6 Å². The molecule has 3 fully saturated rings. The summed E-state index contributed by atoms with van der Waals surface area (Å²) in [4.78, 5) is 81.3. The molecule has 0 radical (unpaired) electrons. The van der Waals surface area contributed by atoms with Crippen LogP contribution in [0.15, 0.2) is 66.2 Å². The molecule has 1 aliphatic heterocycles. The number of anilines is 1. The molecule has 378 valence electrons. The van der Waals surface area contributed by atoms with Crippen LogP contribution < -0.4 is 15.5 Å². The van der Waals surface area contributed by atoms with Gasteiger partial charge in [-0.25, -0.2) is 9.78 Å². The molecule has 2 N–H and O–H groups in total. The minimum Gasteiger partial charge on any atom is -0.443 e. The van der Waals surface area contributed by atoms with Crippen molar-refractivity contribution in [3.05, 3.63) is 82.3 Å². The number of ether oxygens (including phenoxy) is 2. The van der Waals surface area contributed by atoms with Gasteiger partial charge in [-0.3, -0.25) is 29.0 Å². The van der Waals surface area contributed by atoms with Crippen LogP contribution in [0.1, 0.15) is 122 Å². The zero-order valence-electron chi connectivity index (χ0n) is 43.1. The van der Waals surface area contributed by atoms with E-state index >= 15 is 0 Å². The molecule has 5 amide bonds. The number of carbonyl (C=O) groups is 5. The third-order valence-corrected chi connectivity index (χ3v) is 16.0. The number of likely N-dealkylation sites (N-methyl/N-ethyl adjacent to an activating group) is 2. The van der Waals surface area contributed by atoms with Gasteiger partial charge < -0.3 is 29.9 Å². The lowest BCUT2D eigenvalue weighted by Crippen LogP contribution is -2.55. The Morgan fingerprint density at radius 1 is 0.942 bits per heavy atom. The normalized spacial score (nSPS) is 19.3. The van der Waals surface area contributed by atoms with Gasteiger partial charge in [0.25, 0.3) is 0 Å². The summed E-state index contributed by atoms with van der Waals surface area (Å²) in [6, 6.07) is 16.8. The van der Waals surface area contributed by atoms with Crippen molar-refractivity contribution in [3.8, 4) is 0 Å². The molecule has 0 bridgehead atoms. The van der Waals surface area contributed by atoms with E-state index in [1.165, 1.54) is 4.90 Å². The molecule has 1 aromatic heterocycles. The lowest BCUT2D eigenvalue weighted by Gasteiger charge is -2.40. The van der Waals surface area contributed by atoms with Crippen LogP contribution in [0.5, 0.6) is 0 Å². The van der Waals surface area contributed by atoms with Crippen LogP contribution >= 0.6 is 11.3 Å². The van der Waals surface area contributed by atoms with Crippen LogP contribution in [0.25, 0.3) is 0 Å². The fourth-order valence-electron chi connectivity index (χ4n) is 10.9. The van der Waals surface area contributed by atoms with Crippen molar-refractivity contribution >= 4 is 46.7 Å². The third-order valence-electron chi connectivity index (χ3n) is 15.1. The number of hydrogen-bond donors (Lipinski definition) is 2. The monoisotopic (exact) mass is 970 g/mol. The summed E-state index contributed by atoms with van der Waals surface area (Å²) in [5, 5.41) is 9.23. The van der Waals surface area contributed by atoms with Gasteiger partial charge in [-0.05, 0) is 114 Å². The molecule has 2 unspecified atom stereocenters. The number of carbonyl (C=O) groups excluding carboxylic acids is 5. The maximum atomic E-state index is 14.6. The molecule has 6 rings (SSSR count). The number of thiazole rings is 1. The van der Waals surface area contributed by atoms with Crippen LogP contribution in [0.3, 0.4) is 0 Å². The van der Waals surface area contributed by atoms with E-state index in [9.17, 15) is 24.0 Å². The zero-order valence-corrected chi connectivity index (χ0v) is 43.9. The van der Waals surface area contributed by atoms with Crippen LogP contribution in [0, 0.1) is 22.7 Å². The molecular weight excluding hydrogens is 891 g/mol. The standard InChI is InChI=1S/C54H79N7O7S/c1-12-37(4)47(60(10)45(63)35-56-48(64)46(36(2)3)58(8)31-24-38-20-22-40(23-21-38)59(9)51(66)68-52(5,6)7)42(67-11)34-44(62)61-30-16-19-43(61)53(25-26-53)54(27-28-54)50(65)57-41(49-55-29-32-69-49)33-39-17-14-13-15-18-39/h13-15,17-18,20-23,29,32,36-37,41-43,46-47H,12,16,19,24-28,30-31,33-35H2,1-11H3,(H,56,64)(H,57,65)/t37?,41-,42?,43-,46-,47-/m0/s1. The average molecular weight is 970 g/mol. The summed E-state index contributed by atoms with van der Waals surface area (Å²) in [6.07, 6.45) is 8.18. The molecule has 14 nitrogen and oxygen atoms in total. The Bertz CT molecular complexity index is 2190. The first-order chi connectivity index (χ1) is 32.7. The Morgan fingerprint density at radius 2 is 1.62 bits per heavy atom. The van der Waals surface area contributed by atoms with Crippen molar-refractivity contribution in [1.29, 1.82) is 0 Å². The van der Waals surface area contributed by atoms with Crippen LogP contribution in [0.4, 0.5) is 10.5 Å². The maximum Gasteiger partial charge on any atom is 0.414 e. The second-order valence-corrected chi connectivity index (χ2v) is 22.2. The van der Waals surface area contributed by atoms with Crippen molar-refractivity contribution in [3.63, 3.8) is 0 Å². The molecule has 69 heavy (non-hydrogen) atoms.